The van der Waals surface area contributed by atoms with E-state index in [1.807, 2.05) is 49.9 Å². The molecule has 0 aromatic heterocycles. The first-order valence-electron chi connectivity index (χ1n) is 10.1. The number of rotatable bonds is 10. The topological polar surface area (TPSA) is 94.5 Å². The largest absolute Gasteiger partial charge is 0.494 e. The summed E-state index contributed by atoms with van der Waals surface area (Å²) >= 11 is 0. The van der Waals surface area contributed by atoms with Gasteiger partial charge in [-0.25, -0.2) is 0 Å². The zero-order valence-electron chi connectivity index (χ0n) is 17.5. The van der Waals surface area contributed by atoms with E-state index in [9.17, 15) is 14.9 Å². The number of carbonyl (C=O) groups is 2. The Labute approximate surface area is 172 Å². The van der Waals surface area contributed by atoms with Crippen LogP contribution in [0.5, 0.6) is 5.75 Å². The van der Waals surface area contributed by atoms with Gasteiger partial charge in [0, 0.05) is 37.8 Å². The van der Waals surface area contributed by atoms with Crippen molar-refractivity contribution < 1.29 is 14.3 Å². The SMILES string of the molecule is CCOc1ccc(C)cc1C(C)N/C=C(/C#N)C(=O)NCCCN1CCCC1=O. The monoisotopic (exact) mass is 398 g/mol. The number of aryl methyl sites for hydroxylation is 1. The molecular weight excluding hydrogens is 368 g/mol. The van der Waals surface area contributed by atoms with Crippen molar-refractivity contribution in [3.8, 4) is 11.8 Å². The average molecular weight is 399 g/mol. The van der Waals surface area contributed by atoms with Crippen LogP contribution in [-0.4, -0.2) is 43.0 Å². The molecule has 0 radical (unpaired) electrons. The van der Waals surface area contributed by atoms with Gasteiger partial charge in [0.1, 0.15) is 17.4 Å². The first-order chi connectivity index (χ1) is 14.0. The average Bonchev–Trinajstić information content (AvgIpc) is 3.11. The highest BCUT2D eigenvalue weighted by atomic mass is 16.5. The molecule has 1 heterocycles. The molecule has 1 unspecified atom stereocenters. The molecular formula is C22H30N4O3. The molecule has 1 fully saturated rings. The van der Waals surface area contributed by atoms with Crippen LogP contribution in [0.3, 0.4) is 0 Å². The molecule has 1 aromatic rings. The Morgan fingerprint density at radius 3 is 2.90 bits per heavy atom. The van der Waals surface area contributed by atoms with E-state index in [2.05, 4.69) is 10.6 Å². The second-order valence-corrected chi connectivity index (χ2v) is 7.13. The third-order valence-corrected chi connectivity index (χ3v) is 4.84. The lowest BCUT2D eigenvalue weighted by Gasteiger charge is -2.18. The van der Waals surface area contributed by atoms with Crippen LogP contribution in [0.25, 0.3) is 0 Å². The second kappa shape index (κ2) is 11.1. The molecule has 7 heteroatoms. The smallest absolute Gasteiger partial charge is 0.263 e. The summed E-state index contributed by atoms with van der Waals surface area (Å²) in [7, 11) is 0. The third-order valence-electron chi connectivity index (χ3n) is 4.84. The minimum atomic E-state index is -0.422. The van der Waals surface area contributed by atoms with E-state index >= 15 is 0 Å². The zero-order valence-corrected chi connectivity index (χ0v) is 17.5. The van der Waals surface area contributed by atoms with Gasteiger partial charge in [-0.1, -0.05) is 17.7 Å². The quantitative estimate of drug-likeness (QED) is 0.359. The number of nitriles is 1. The van der Waals surface area contributed by atoms with E-state index in [0.29, 0.717) is 32.5 Å². The van der Waals surface area contributed by atoms with Crippen LogP contribution >= 0.6 is 0 Å². The molecule has 0 saturated carbocycles. The van der Waals surface area contributed by atoms with Gasteiger partial charge < -0.3 is 20.3 Å². The maximum atomic E-state index is 12.3. The van der Waals surface area contributed by atoms with Crippen molar-refractivity contribution in [1.82, 2.24) is 15.5 Å². The number of nitrogens with one attached hydrogen (secondary N) is 2. The lowest BCUT2D eigenvalue weighted by molar-refractivity contribution is -0.127. The van der Waals surface area contributed by atoms with E-state index in [-0.39, 0.29) is 17.5 Å². The van der Waals surface area contributed by atoms with Crippen LogP contribution < -0.4 is 15.4 Å². The summed E-state index contributed by atoms with van der Waals surface area (Å²) in [6.45, 7) is 8.30. The number of benzene rings is 1. The molecule has 1 aromatic carbocycles. The summed E-state index contributed by atoms with van der Waals surface area (Å²) in [6, 6.07) is 7.76. The van der Waals surface area contributed by atoms with E-state index in [4.69, 9.17) is 4.74 Å². The molecule has 1 atom stereocenters. The number of hydrogen-bond donors (Lipinski definition) is 2. The molecule has 2 amide bonds. The van der Waals surface area contributed by atoms with Crippen LogP contribution in [0, 0.1) is 18.3 Å². The van der Waals surface area contributed by atoms with E-state index in [1.165, 1.54) is 6.20 Å². The molecule has 0 bridgehead atoms. The Morgan fingerprint density at radius 1 is 1.45 bits per heavy atom. The Hall–Kier alpha value is -3.01. The number of carbonyl (C=O) groups excluding carboxylic acids is 2. The van der Waals surface area contributed by atoms with E-state index < -0.39 is 5.91 Å². The fourth-order valence-electron chi connectivity index (χ4n) is 3.25. The van der Waals surface area contributed by atoms with Gasteiger partial charge >= 0.3 is 0 Å². The normalized spacial score (nSPS) is 15.0. The van der Waals surface area contributed by atoms with Crippen LogP contribution in [0.15, 0.2) is 30.0 Å². The number of amides is 2. The van der Waals surface area contributed by atoms with Gasteiger partial charge in [0.15, 0.2) is 0 Å². The Bertz CT molecular complexity index is 798. The third kappa shape index (κ3) is 6.53. The summed E-state index contributed by atoms with van der Waals surface area (Å²) < 4.78 is 5.68. The molecule has 2 N–H and O–H groups in total. The zero-order chi connectivity index (χ0) is 21.2. The molecule has 156 valence electrons. The van der Waals surface area contributed by atoms with Gasteiger partial charge in [0.05, 0.1) is 12.6 Å². The van der Waals surface area contributed by atoms with Crippen molar-refractivity contribution in [3.63, 3.8) is 0 Å². The summed E-state index contributed by atoms with van der Waals surface area (Å²) in [5.74, 6) is 0.537. The first kappa shape index (κ1) is 22.3. The summed E-state index contributed by atoms with van der Waals surface area (Å²) in [5, 5.41) is 15.2. The Morgan fingerprint density at radius 2 is 2.24 bits per heavy atom. The van der Waals surface area contributed by atoms with Gasteiger partial charge in [0.25, 0.3) is 5.91 Å². The predicted molar refractivity (Wildman–Crippen MR) is 111 cm³/mol. The van der Waals surface area contributed by atoms with E-state index in [1.54, 1.807) is 0 Å². The Kier molecular flexibility index (Phi) is 8.53. The maximum absolute atomic E-state index is 12.3. The van der Waals surface area contributed by atoms with Crippen molar-refractivity contribution in [2.24, 2.45) is 0 Å². The highest BCUT2D eigenvalue weighted by Gasteiger charge is 2.19. The van der Waals surface area contributed by atoms with Gasteiger partial charge in [-0.05, 0) is 39.7 Å². The van der Waals surface area contributed by atoms with Crippen molar-refractivity contribution >= 4 is 11.8 Å². The molecule has 0 spiro atoms. The number of likely N-dealkylation sites (tertiary alicyclic amines) is 1. The number of ether oxygens (including phenoxy) is 1. The molecule has 1 saturated heterocycles. The van der Waals surface area contributed by atoms with Gasteiger partial charge in [-0.3, -0.25) is 9.59 Å². The molecule has 7 nitrogen and oxygen atoms in total. The van der Waals surface area contributed by atoms with Crippen molar-refractivity contribution in [1.29, 1.82) is 5.26 Å². The lowest BCUT2D eigenvalue weighted by Crippen LogP contribution is -2.31. The lowest BCUT2D eigenvalue weighted by atomic mass is 10.0. The standard InChI is InChI=1S/C22H30N4O3/c1-4-29-20-9-8-16(2)13-19(20)17(3)25-15-18(14-23)22(28)24-10-6-12-26-11-5-7-21(26)27/h8-9,13,15,17,25H,4-7,10-12H2,1-3H3,(H,24,28)/b18-15-. The van der Waals surface area contributed by atoms with Gasteiger partial charge in [0.2, 0.25) is 5.91 Å². The number of nitrogens with zero attached hydrogens (tertiary/aromatic N) is 2. The molecule has 2 rings (SSSR count). The van der Waals surface area contributed by atoms with Crippen molar-refractivity contribution in [2.75, 3.05) is 26.2 Å². The molecule has 1 aliphatic heterocycles. The minimum absolute atomic E-state index is 0.0136. The maximum Gasteiger partial charge on any atom is 0.263 e. The minimum Gasteiger partial charge on any atom is -0.494 e. The van der Waals surface area contributed by atoms with Gasteiger partial charge in [-0.15, -0.1) is 0 Å². The fraction of sp³-hybridized carbons (Fsp3) is 0.500. The highest BCUT2D eigenvalue weighted by molar-refractivity contribution is 5.97. The second-order valence-electron chi connectivity index (χ2n) is 7.13. The van der Waals surface area contributed by atoms with Crippen molar-refractivity contribution in [3.05, 3.63) is 41.1 Å². The Balaban J connectivity index is 1.88. The van der Waals surface area contributed by atoms with E-state index in [0.717, 1.165) is 29.8 Å². The highest BCUT2D eigenvalue weighted by Crippen LogP contribution is 2.26. The summed E-state index contributed by atoms with van der Waals surface area (Å²) in [6.07, 6.45) is 3.63. The molecule has 29 heavy (non-hydrogen) atoms. The summed E-state index contributed by atoms with van der Waals surface area (Å²) in [5.41, 5.74) is 2.09. The molecule has 0 aliphatic carbocycles. The van der Waals surface area contributed by atoms with Crippen LogP contribution in [-0.2, 0) is 9.59 Å². The first-order valence-corrected chi connectivity index (χ1v) is 10.1. The van der Waals surface area contributed by atoms with Gasteiger partial charge in [-0.2, -0.15) is 5.26 Å². The van der Waals surface area contributed by atoms with Crippen LogP contribution in [0.4, 0.5) is 0 Å². The molecule has 1 aliphatic rings. The summed E-state index contributed by atoms with van der Waals surface area (Å²) in [4.78, 5) is 25.7. The fourth-order valence-corrected chi connectivity index (χ4v) is 3.25. The van der Waals surface area contributed by atoms with Crippen molar-refractivity contribution in [2.45, 2.75) is 46.1 Å². The van der Waals surface area contributed by atoms with Crippen LogP contribution in [0.2, 0.25) is 0 Å². The van der Waals surface area contributed by atoms with Crippen LogP contribution in [0.1, 0.15) is 50.3 Å². The number of hydrogen-bond acceptors (Lipinski definition) is 5. The predicted octanol–water partition coefficient (Wildman–Crippen LogP) is 2.58.